The Morgan fingerprint density at radius 1 is 1.38 bits per heavy atom. The van der Waals surface area contributed by atoms with Crippen LogP contribution < -0.4 is 10.6 Å². The van der Waals surface area contributed by atoms with Crippen molar-refractivity contribution >= 4 is 6.03 Å². The molecule has 2 aliphatic rings. The topological polar surface area (TPSA) is 107 Å². The summed E-state index contributed by atoms with van der Waals surface area (Å²) in [5.74, 6) is 0. The van der Waals surface area contributed by atoms with Crippen molar-refractivity contribution < 1.29 is 19.4 Å². The second kappa shape index (κ2) is 8.96. The molecule has 0 aromatic heterocycles. The lowest BCUT2D eigenvalue weighted by Crippen LogP contribution is -2.50. The van der Waals surface area contributed by atoms with Crippen LogP contribution in [0.2, 0.25) is 0 Å². The molecule has 2 saturated heterocycles. The van der Waals surface area contributed by atoms with Gasteiger partial charge in [-0.2, -0.15) is 5.26 Å². The molecule has 0 bridgehead atoms. The van der Waals surface area contributed by atoms with Gasteiger partial charge >= 0.3 is 6.03 Å². The van der Waals surface area contributed by atoms with Gasteiger partial charge in [-0.15, -0.1) is 0 Å². The van der Waals surface area contributed by atoms with E-state index in [4.69, 9.17) is 14.7 Å². The molecular weight excluding hydrogens is 336 g/mol. The van der Waals surface area contributed by atoms with Crippen molar-refractivity contribution in [3.63, 3.8) is 0 Å². The zero-order valence-electron chi connectivity index (χ0n) is 14.6. The SMILES string of the molecule is N#Cc1cccc(CN[C@@H]2CO[C@H](CNC(=O)N3CCOCC3)[C@H]2O)c1. The Kier molecular flexibility index (Phi) is 6.41. The number of rotatable bonds is 5. The highest BCUT2D eigenvalue weighted by Crippen LogP contribution is 2.15. The number of amides is 2. The van der Waals surface area contributed by atoms with E-state index in [1.54, 1.807) is 11.0 Å². The van der Waals surface area contributed by atoms with Crippen molar-refractivity contribution in [2.75, 3.05) is 39.5 Å². The van der Waals surface area contributed by atoms with E-state index in [0.717, 1.165) is 5.56 Å². The molecule has 8 heteroatoms. The molecule has 1 aromatic rings. The van der Waals surface area contributed by atoms with Gasteiger partial charge in [0.25, 0.3) is 0 Å². The van der Waals surface area contributed by atoms with Gasteiger partial charge in [0.2, 0.25) is 0 Å². The number of nitrogens with zero attached hydrogens (tertiary/aromatic N) is 2. The number of aliphatic hydroxyl groups is 1. The Labute approximate surface area is 152 Å². The fourth-order valence-corrected chi connectivity index (χ4v) is 3.11. The van der Waals surface area contributed by atoms with Crippen molar-refractivity contribution in [1.82, 2.24) is 15.5 Å². The van der Waals surface area contributed by atoms with Gasteiger partial charge in [0.15, 0.2) is 0 Å². The minimum absolute atomic E-state index is 0.158. The highest BCUT2D eigenvalue weighted by Gasteiger charge is 2.35. The first-order valence-electron chi connectivity index (χ1n) is 8.80. The molecule has 3 N–H and O–H groups in total. The van der Waals surface area contributed by atoms with Crippen LogP contribution in [0.15, 0.2) is 24.3 Å². The first-order valence-corrected chi connectivity index (χ1v) is 8.80. The Hall–Kier alpha value is -2.18. The van der Waals surface area contributed by atoms with Crippen molar-refractivity contribution in [1.29, 1.82) is 5.26 Å². The Bertz CT molecular complexity index is 657. The third-order valence-electron chi connectivity index (χ3n) is 4.66. The smallest absolute Gasteiger partial charge is 0.317 e. The number of nitrogens with one attached hydrogen (secondary N) is 2. The third kappa shape index (κ3) is 4.71. The molecule has 3 rings (SSSR count). The van der Waals surface area contributed by atoms with Crippen LogP contribution in [-0.4, -0.2) is 73.7 Å². The first-order chi connectivity index (χ1) is 12.7. The van der Waals surface area contributed by atoms with Crippen LogP contribution in [0.4, 0.5) is 4.79 Å². The van der Waals surface area contributed by atoms with Gasteiger partial charge in [-0.1, -0.05) is 12.1 Å². The lowest BCUT2D eigenvalue weighted by Gasteiger charge is -2.27. The van der Waals surface area contributed by atoms with Gasteiger partial charge in [-0.25, -0.2) is 4.79 Å². The molecule has 26 heavy (non-hydrogen) atoms. The number of morpholine rings is 1. The van der Waals surface area contributed by atoms with Gasteiger partial charge < -0.3 is 30.1 Å². The average molecular weight is 360 g/mol. The molecular formula is C18H24N4O4. The summed E-state index contributed by atoms with van der Waals surface area (Å²) in [7, 11) is 0. The molecule has 140 valence electrons. The van der Waals surface area contributed by atoms with Gasteiger partial charge in [0, 0.05) is 26.2 Å². The van der Waals surface area contributed by atoms with Crippen LogP contribution in [0.1, 0.15) is 11.1 Å². The van der Waals surface area contributed by atoms with Crippen molar-refractivity contribution in [3.05, 3.63) is 35.4 Å². The molecule has 0 aliphatic carbocycles. The van der Waals surface area contributed by atoms with Gasteiger partial charge in [0.1, 0.15) is 6.10 Å². The summed E-state index contributed by atoms with van der Waals surface area (Å²) in [6.45, 7) is 3.42. The lowest BCUT2D eigenvalue weighted by molar-refractivity contribution is 0.0360. The van der Waals surface area contributed by atoms with E-state index in [1.807, 2.05) is 18.2 Å². The number of carbonyl (C=O) groups excluding carboxylic acids is 1. The number of hydrogen-bond acceptors (Lipinski definition) is 6. The quantitative estimate of drug-likeness (QED) is 0.672. The van der Waals surface area contributed by atoms with E-state index in [0.29, 0.717) is 45.0 Å². The minimum Gasteiger partial charge on any atom is -0.389 e. The van der Waals surface area contributed by atoms with E-state index in [1.165, 1.54) is 0 Å². The maximum Gasteiger partial charge on any atom is 0.317 e. The number of urea groups is 1. The highest BCUT2D eigenvalue weighted by atomic mass is 16.5. The normalized spacial score (nSPS) is 25.7. The number of ether oxygens (including phenoxy) is 2. The summed E-state index contributed by atoms with van der Waals surface area (Å²) in [6.07, 6.45) is -1.15. The van der Waals surface area contributed by atoms with E-state index >= 15 is 0 Å². The molecule has 2 aliphatic heterocycles. The fourth-order valence-electron chi connectivity index (χ4n) is 3.11. The Morgan fingerprint density at radius 3 is 2.96 bits per heavy atom. The van der Waals surface area contributed by atoms with E-state index < -0.39 is 12.2 Å². The second-order valence-corrected chi connectivity index (χ2v) is 6.45. The predicted octanol–water partition coefficient (Wildman–Crippen LogP) is -0.182. The largest absolute Gasteiger partial charge is 0.389 e. The Balaban J connectivity index is 1.43. The fraction of sp³-hybridized carbons (Fsp3) is 0.556. The van der Waals surface area contributed by atoms with Crippen LogP contribution in [0, 0.1) is 11.3 Å². The molecule has 1 aromatic carbocycles. The average Bonchev–Trinajstić information content (AvgIpc) is 3.05. The van der Waals surface area contributed by atoms with Gasteiger partial charge in [-0.05, 0) is 17.7 Å². The highest BCUT2D eigenvalue weighted by molar-refractivity contribution is 5.74. The second-order valence-electron chi connectivity index (χ2n) is 6.45. The molecule has 2 fully saturated rings. The number of benzene rings is 1. The summed E-state index contributed by atoms with van der Waals surface area (Å²) >= 11 is 0. The molecule has 0 unspecified atom stereocenters. The van der Waals surface area contributed by atoms with Gasteiger partial charge in [-0.3, -0.25) is 0 Å². The molecule has 0 saturated carbocycles. The van der Waals surface area contributed by atoms with Crippen molar-refractivity contribution in [2.45, 2.75) is 24.8 Å². The maximum absolute atomic E-state index is 12.1. The number of carbonyl (C=O) groups is 1. The zero-order valence-corrected chi connectivity index (χ0v) is 14.6. The van der Waals surface area contributed by atoms with E-state index in [2.05, 4.69) is 16.7 Å². The summed E-state index contributed by atoms with van der Waals surface area (Å²) in [6, 6.07) is 9.07. The summed E-state index contributed by atoms with van der Waals surface area (Å²) < 4.78 is 10.9. The molecule has 2 amide bonds. The lowest BCUT2D eigenvalue weighted by atomic mass is 10.1. The zero-order chi connectivity index (χ0) is 18.4. The number of hydrogen-bond donors (Lipinski definition) is 3. The monoisotopic (exact) mass is 360 g/mol. The summed E-state index contributed by atoms with van der Waals surface area (Å²) in [5, 5.41) is 25.4. The van der Waals surface area contributed by atoms with Crippen LogP contribution in [0.5, 0.6) is 0 Å². The standard InChI is InChI=1S/C18H24N4O4/c19-9-13-2-1-3-14(8-13)10-20-15-12-26-16(17(15)23)11-21-18(24)22-4-6-25-7-5-22/h1-3,8,15-17,20,23H,4-7,10-12H2,(H,21,24)/t15-,16-,17+/m1/s1. The molecule has 3 atom stereocenters. The van der Waals surface area contributed by atoms with Crippen LogP contribution in [0.25, 0.3) is 0 Å². The predicted molar refractivity (Wildman–Crippen MR) is 93.3 cm³/mol. The van der Waals surface area contributed by atoms with Crippen molar-refractivity contribution in [3.8, 4) is 6.07 Å². The van der Waals surface area contributed by atoms with Gasteiger partial charge in [0.05, 0.1) is 43.6 Å². The first kappa shape index (κ1) is 18.6. The van der Waals surface area contributed by atoms with Crippen molar-refractivity contribution in [2.24, 2.45) is 0 Å². The molecule has 0 spiro atoms. The molecule has 0 radical (unpaired) electrons. The summed E-state index contributed by atoms with van der Waals surface area (Å²) in [4.78, 5) is 13.8. The molecule has 2 heterocycles. The van der Waals surface area contributed by atoms with Crippen LogP contribution >= 0.6 is 0 Å². The third-order valence-corrected chi connectivity index (χ3v) is 4.66. The van der Waals surface area contributed by atoms with E-state index in [-0.39, 0.29) is 18.6 Å². The van der Waals surface area contributed by atoms with Crippen LogP contribution in [-0.2, 0) is 16.0 Å². The molecule has 8 nitrogen and oxygen atoms in total. The van der Waals surface area contributed by atoms with Crippen LogP contribution in [0.3, 0.4) is 0 Å². The van der Waals surface area contributed by atoms with E-state index in [9.17, 15) is 9.90 Å². The summed E-state index contributed by atoms with van der Waals surface area (Å²) in [5.41, 5.74) is 1.58. The number of aliphatic hydroxyl groups excluding tert-OH is 1. The Morgan fingerprint density at radius 2 is 2.19 bits per heavy atom. The maximum atomic E-state index is 12.1. The number of nitriles is 1. The minimum atomic E-state index is -0.709.